The lowest BCUT2D eigenvalue weighted by molar-refractivity contribution is -0.117. The Kier molecular flexibility index (Phi) is 8.61. The maximum absolute atomic E-state index is 12.7. The number of likely N-dealkylation sites (N-methyl/N-ethyl adjacent to an activating group) is 1. The van der Waals surface area contributed by atoms with Gasteiger partial charge >= 0.3 is 0 Å². The largest absolute Gasteiger partial charge is 0.493 e. The minimum atomic E-state index is -0.140. The van der Waals surface area contributed by atoms with Crippen LogP contribution < -0.4 is 14.8 Å². The third-order valence-corrected chi connectivity index (χ3v) is 5.85. The fourth-order valence-electron chi connectivity index (χ4n) is 3.25. The van der Waals surface area contributed by atoms with Crippen LogP contribution >= 0.6 is 11.8 Å². The maximum atomic E-state index is 12.7. The van der Waals surface area contributed by atoms with Crippen LogP contribution in [0, 0.1) is 0 Å². The van der Waals surface area contributed by atoms with E-state index in [0.29, 0.717) is 35.9 Å². The zero-order chi connectivity index (χ0) is 22.1. The van der Waals surface area contributed by atoms with E-state index in [-0.39, 0.29) is 18.4 Å². The number of carbonyl (C=O) groups excluding carboxylic acids is 2. The number of carbonyl (C=O) groups is 2. The van der Waals surface area contributed by atoms with Crippen LogP contribution in [0.5, 0.6) is 11.5 Å². The Bertz CT molecular complexity index is 887. The van der Waals surface area contributed by atoms with Crippen LogP contribution in [0.1, 0.15) is 10.4 Å². The SMILES string of the molecule is COc1ccccc1OCCN(C)CC(=O)Nc1cccc(C(=O)N2CCSCC2)c1. The standard InChI is InChI=1S/C23H29N3O4S/c1-25(10-13-30-21-9-4-3-8-20(21)29-2)17-22(27)24-19-7-5-6-18(16-19)23(28)26-11-14-31-15-12-26/h3-9,16H,10-15,17H2,1-2H3,(H,24,27). The van der Waals surface area contributed by atoms with E-state index in [1.54, 1.807) is 31.4 Å². The Morgan fingerprint density at radius 3 is 2.58 bits per heavy atom. The van der Waals surface area contributed by atoms with Crippen molar-refractivity contribution in [1.29, 1.82) is 0 Å². The monoisotopic (exact) mass is 443 g/mol. The predicted octanol–water partition coefficient (Wildman–Crippen LogP) is 2.83. The number of nitrogens with one attached hydrogen (secondary N) is 1. The number of hydrogen-bond acceptors (Lipinski definition) is 6. The third kappa shape index (κ3) is 6.90. The van der Waals surface area contributed by atoms with Crippen LogP contribution in [-0.4, -0.2) is 80.1 Å². The normalized spacial score (nSPS) is 13.7. The number of methoxy groups -OCH3 is 1. The van der Waals surface area contributed by atoms with Gasteiger partial charge in [0.25, 0.3) is 5.91 Å². The van der Waals surface area contributed by atoms with Gasteiger partial charge in [0.1, 0.15) is 6.61 Å². The van der Waals surface area contributed by atoms with Crippen molar-refractivity contribution in [2.75, 3.05) is 63.8 Å². The van der Waals surface area contributed by atoms with Crippen molar-refractivity contribution in [2.24, 2.45) is 0 Å². The Morgan fingerprint density at radius 2 is 1.84 bits per heavy atom. The Morgan fingerprint density at radius 1 is 1.10 bits per heavy atom. The van der Waals surface area contributed by atoms with E-state index in [4.69, 9.17) is 9.47 Å². The van der Waals surface area contributed by atoms with Gasteiger partial charge in [0.05, 0.1) is 13.7 Å². The highest BCUT2D eigenvalue weighted by Crippen LogP contribution is 2.25. The minimum absolute atomic E-state index is 0.0157. The summed E-state index contributed by atoms with van der Waals surface area (Å²) >= 11 is 1.86. The van der Waals surface area contributed by atoms with Crippen molar-refractivity contribution >= 4 is 29.3 Å². The van der Waals surface area contributed by atoms with Gasteiger partial charge in [0, 0.05) is 42.4 Å². The number of benzene rings is 2. The summed E-state index contributed by atoms with van der Waals surface area (Å²) in [6.07, 6.45) is 0. The summed E-state index contributed by atoms with van der Waals surface area (Å²) in [5.74, 6) is 3.17. The summed E-state index contributed by atoms with van der Waals surface area (Å²) in [5, 5.41) is 2.88. The van der Waals surface area contributed by atoms with Crippen LogP contribution in [0.2, 0.25) is 0 Å². The van der Waals surface area contributed by atoms with Crippen LogP contribution in [0.4, 0.5) is 5.69 Å². The van der Waals surface area contributed by atoms with Crippen molar-refractivity contribution < 1.29 is 19.1 Å². The Balaban J connectivity index is 1.46. The molecule has 166 valence electrons. The molecule has 2 aromatic carbocycles. The molecule has 0 aromatic heterocycles. The van der Waals surface area contributed by atoms with Gasteiger partial charge in [0.2, 0.25) is 5.91 Å². The Labute approximate surface area is 187 Å². The number of nitrogens with zero attached hydrogens (tertiary/aromatic N) is 2. The van der Waals surface area contributed by atoms with Gasteiger partial charge < -0.3 is 19.7 Å². The highest BCUT2D eigenvalue weighted by Gasteiger charge is 2.18. The topological polar surface area (TPSA) is 71.1 Å². The van der Waals surface area contributed by atoms with Gasteiger partial charge in [-0.05, 0) is 37.4 Å². The minimum Gasteiger partial charge on any atom is -0.493 e. The zero-order valence-electron chi connectivity index (χ0n) is 18.0. The molecule has 0 bridgehead atoms. The summed E-state index contributed by atoms with van der Waals surface area (Å²) in [7, 11) is 3.46. The second-order valence-corrected chi connectivity index (χ2v) is 8.50. The molecule has 31 heavy (non-hydrogen) atoms. The fourth-order valence-corrected chi connectivity index (χ4v) is 4.16. The maximum Gasteiger partial charge on any atom is 0.253 e. The predicted molar refractivity (Wildman–Crippen MR) is 124 cm³/mol. The smallest absolute Gasteiger partial charge is 0.253 e. The molecule has 7 nitrogen and oxygen atoms in total. The second kappa shape index (κ2) is 11.6. The molecule has 0 atom stereocenters. The van der Waals surface area contributed by atoms with E-state index in [1.165, 1.54) is 0 Å². The number of thioether (sulfide) groups is 1. The number of para-hydroxylation sites is 2. The quantitative estimate of drug-likeness (QED) is 0.643. The molecule has 1 saturated heterocycles. The van der Waals surface area contributed by atoms with E-state index >= 15 is 0 Å². The first-order valence-electron chi connectivity index (χ1n) is 10.3. The van der Waals surface area contributed by atoms with Gasteiger partial charge in [-0.15, -0.1) is 0 Å². The van der Waals surface area contributed by atoms with E-state index in [0.717, 1.165) is 24.6 Å². The van der Waals surface area contributed by atoms with Crippen molar-refractivity contribution in [3.05, 3.63) is 54.1 Å². The average Bonchev–Trinajstić information content (AvgIpc) is 2.79. The van der Waals surface area contributed by atoms with E-state index in [2.05, 4.69) is 5.32 Å². The summed E-state index contributed by atoms with van der Waals surface area (Å²) in [5.41, 5.74) is 1.23. The lowest BCUT2D eigenvalue weighted by Gasteiger charge is -2.26. The number of anilines is 1. The first-order valence-corrected chi connectivity index (χ1v) is 11.4. The molecular formula is C23H29N3O4S. The lowest BCUT2D eigenvalue weighted by atomic mass is 10.1. The summed E-state index contributed by atoms with van der Waals surface area (Å²) in [6, 6.07) is 14.6. The average molecular weight is 444 g/mol. The molecule has 3 rings (SSSR count). The van der Waals surface area contributed by atoms with Crippen molar-refractivity contribution in [2.45, 2.75) is 0 Å². The van der Waals surface area contributed by atoms with Crippen molar-refractivity contribution in [1.82, 2.24) is 9.80 Å². The molecule has 0 radical (unpaired) electrons. The molecular weight excluding hydrogens is 414 g/mol. The van der Waals surface area contributed by atoms with Gasteiger partial charge in [0.15, 0.2) is 11.5 Å². The van der Waals surface area contributed by atoms with Gasteiger partial charge in [-0.25, -0.2) is 0 Å². The number of amides is 2. The van der Waals surface area contributed by atoms with Crippen molar-refractivity contribution in [3.8, 4) is 11.5 Å². The summed E-state index contributed by atoms with van der Waals surface area (Å²) in [6.45, 7) is 2.76. The third-order valence-electron chi connectivity index (χ3n) is 4.90. The summed E-state index contributed by atoms with van der Waals surface area (Å²) < 4.78 is 11.0. The highest BCUT2D eigenvalue weighted by molar-refractivity contribution is 7.99. The van der Waals surface area contributed by atoms with E-state index in [9.17, 15) is 9.59 Å². The number of hydrogen-bond donors (Lipinski definition) is 1. The fraction of sp³-hybridized carbons (Fsp3) is 0.391. The lowest BCUT2D eigenvalue weighted by Crippen LogP contribution is -2.38. The van der Waals surface area contributed by atoms with Crippen LogP contribution in [0.25, 0.3) is 0 Å². The molecule has 1 N–H and O–H groups in total. The van der Waals surface area contributed by atoms with E-state index in [1.807, 2.05) is 52.9 Å². The first-order chi connectivity index (χ1) is 15.1. The van der Waals surface area contributed by atoms with Crippen LogP contribution in [0.15, 0.2) is 48.5 Å². The molecule has 2 aromatic rings. The second-order valence-electron chi connectivity index (χ2n) is 7.27. The number of rotatable bonds is 9. The zero-order valence-corrected chi connectivity index (χ0v) is 18.8. The van der Waals surface area contributed by atoms with Gasteiger partial charge in [-0.2, -0.15) is 11.8 Å². The van der Waals surface area contributed by atoms with Gasteiger partial charge in [-0.3, -0.25) is 14.5 Å². The molecule has 1 fully saturated rings. The molecule has 2 amide bonds. The molecule has 1 heterocycles. The van der Waals surface area contributed by atoms with Gasteiger partial charge in [-0.1, -0.05) is 18.2 Å². The summed E-state index contributed by atoms with van der Waals surface area (Å²) in [4.78, 5) is 28.8. The molecule has 0 saturated carbocycles. The van der Waals surface area contributed by atoms with Crippen LogP contribution in [-0.2, 0) is 4.79 Å². The molecule has 0 aliphatic carbocycles. The molecule has 8 heteroatoms. The molecule has 0 spiro atoms. The molecule has 1 aliphatic rings. The molecule has 1 aliphatic heterocycles. The van der Waals surface area contributed by atoms with Crippen LogP contribution in [0.3, 0.4) is 0 Å². The highest BCUT2D eigenvalue weighted by atomic mass is 32.2. The number of ether oxygens (including phenoxy) is 2. The first kappa shape index (κ1) is 23.0. The Hall–Kier alpha value is -2.71. The van der Waals surface area contributed by atoms with E-state index < -0.39 is 0 Å². The van der Waals surface area contributed by atoms with Crippen molar-refractivity contribution in [3.63, 3.8) is 0 Å². The molecule has 0 unspecified atom stereocenters.